The van der Waals surface area contributed by atoms with E-state index in [2.05, 4.69) is 4.90 Å². The van der Waals surface area contributed by atoms with Gasteiger partial charge in [0.15, 0.2) is 11.5 Å². The number of ether oxygens (including phenoxy) is 1. The van der Waals surface area contributed by atoms with E-state index in [0.717, 1.165) is 40.6 Å². The third-order valence-corrected chi connectivity index (χ3v) is 9.49. The minimum Gasteiger partial charge on any atom is -0.504 e. The Balaban J connectivity index is 1.51. The van der Waals surface area contributed by atoms with Crippen LogP contribution in [0.25, 0.3) is 0 Å². The summed E-state index contributed by atoms with van der Waals surface area (Å²) >= 11 is 1.33. The number of aromatic hydroxyl groups is 1. The number of thiophene rings is 1. The van der Waals surface area contributed by atoms with Crippen molar-refractivity contribution in [3.63, 3.8) is 0 Å². The van der Waals surface area contributed by atoms with Gasteiger partial charge in [-0.2, -0.15) is 0 Å². The molecule has 7 nitrogen and oxygen atoms in total. The van der Waals surface area contributed by atoms with Crippen LogP contribution in [0.3, 0.4) is 0 Å². The lowest BCUT2D eigenvalue weighted by Crippen LogP contribution is -2.60. The van der Waals surface area contributed by atoms with Crippen molar-refractivity contribution in [1.82, 2.24) is 4.90 Å². The van der Waals surface area contributed by atoms with Gasteiger partial charge in [-0.25, -0.2) is 0 Å². The van der Waals surface area contributed by atoms with E-state index in [1.807, 2.05) is 6.07 Å². The van der Waals surface area contributed by atoms with Crippen molar-refractivity contribution < 1.29 is 19.7 Å². The average Bonchev–Trinajstić information content (AvgIpc) is 3.41. The number of hydrogen-bond acceptors (Lipinski definition) is 7. The number of fused-ring (bicyclic) bond motifs is 4. The van der Waals surface area contributed by atoms with Crippen LogP contribution in [0, 0.1) is 5.92 Å². The molecule has 1 aromatic heterocycles. The van der Waals surface area contributed by atoms with Gasteiger partial charge in [-0.1, -0.05) is 6.07 Å². The zero-order valence-corrected chi connectivity index (χ0v) is 17.9. The van der Waals surface area contributed by atoms with Crippen molar-refractivity contribution >= 4 is 22.2 Å². The third-order valence-electron chi connectivity index (χ3n) is 8.45. The van der Waals surface area contributed by atoms with Gasteiger partial charge in [0.05, 0.1) is 21.6 Å². The average molecular weight is 440 g/mol. The molecule has 1 aromatic carbocycles. The van der Waals surface area contributed by atoms with E-state index in [0.29, 0.717) is 35.6 Å². The molecule has 4 atom stereocenters. The van der Waals surface area contributed by atoms with Crippen LogP contribution in [-0.4, -0.2) is 39.7 Å². The highest BCUT2D eigenvalue weighted by atomic mass is 32.1. The maximum absolute atomic E-state index is 12.3. The molecule has 2 unspecified atom stereocenters. The number of phenols is 1. The van der Waals surface area contributed by atoms with Crippen LogP contribution in [0.4, 0.5) is 5.00 Å². The highest BCUT2D eigenvalue weighted by molar-refractivity contribution is 7.16. The van der Waals surface area contributed by atoms with Gasteiger partial charge in [0.25, 0.3) is 5.91 Å². The minimum absolute atomic E-state index is 0.0801. The molecule has 1 spiro atoms. The smallest absolute Gasteiger partial charge is 0.252 e. The minimum atomic E-state index is -1.04. The first-order chi connectivity index (χ1) is 14.8. The number of nitrogens with two attached hydrogens (primary N) is 2. The number of carbonyl (C=O) groups is 1. The van der Waals surface area contributed by atoms with Crippen LogP contribution in [0.15, 0.2) is 12.1 Å². The van der Waals surface area contributed by atoms with Gasteiger partial charge in [0.2, 0.25) is 0 Å². The number of hydrogen-bond donors (Lipinski definition) is 4. The maximum atomic E-state index is 12.3. The van der Waals surface area contributed by atoms with Crippen LogP contribution < -0.4 is 16.2 Å². The summed E-state index contributed by atoms with van der Waals surface area (Å²) in [6.07, 6.45) is 3.70. The van der Waals surface area contributed by atoms with Gasteiger partial charge < -0.3 is 26.4 Å². The number of carbonyl (C=O) groups excluding carboxylic acids is 1. The molecule has 3 aliphatic carbocycles. The Hall–Kier alpha value is -2.29. The van der Waals surface area contributed by atoms with Crippen molar-refractivity contribution in [2.24, 2.45) is 11.7 Å². The predicted octanol–water partition coefficient (Wildman–Crippen LogP) is 2.35. The van der Waals surface area contributed by atoms with E-state index in [-0.39, 0.29) is 11.8 Å². The Morgan fingerprint density at radius 3 is 2.90 bits per heavy atom. The summed E-state index contributed by atoms with van der Waals surface area (Å²) in [6, 6.07) is 3.80. The lowest BCUT2D eigenvalue weighted by Gasteiger charge is -2.53. The van der Waals surface area contributed by atoms with Crippen LogP contribution >= 0.6 is 11.3 Å². The van der Waals surface area contributed by atoms with Crippen molar-refractivity contribution in [3.05, 3.63) is 39.3 Å². The summed E-state index contributed by atoms with van der Waals surface area (Å²) in [5, 5.41) is 23.4. The SMILES string of the molecule is NC(=O)c1c(N)sc2c1C1Oc3c(O)ccc4c3[C@@]13CCN(CC1CC1)C4C[C@]3(O)C2. The first-order valence-electron chi connectivity index (χ1n) is 11.0. The fraction of sp³-hybridized carbons (Fsp3) is 0.522. The summed E-state index contributed by atoms with van der Waals surface area (Å²) in [6.45, 7) is 1.89. The third kappa shape index (κ3) is 2.04. The molecule has 0 radical (unpaired) electrons. The largest absolute Gasteiger partial charge is 0.504 e. The summed E-state index contributed by atoms with van der Waals surface area (Å²) in [4.78, 5) is 15.8. The Morgan fingerprint density at radius 1 is 1.35 bits per heavy atom. The molecule has 2 fully saturated rings. The van der Waals surface area contributed by atoms with E-state index < -0.39 is 23.0 Å². The summed E-state index contributed by atoms with van der Waals surface area (Å²) < 4.78 is 6.45. The Labute approximate surface area is 183 Å². The van der Waals surface area contributed by atoms with E-state index in [4.69, 9.17) is 16.2 Å². The molecule has 8 rings (SSSR count). The van der Waals surface area contributed by atoms with Crippen LogP contribution in [0.2, 0.25) is 0 Å². The topological polar surface area (TPSA) is 122 Å². The summed E-state index contributed by atoms with van der Waals surface area (Å²) in [5.41, 5.74) is 13.3. The quantitative estimate of drug-likeness (QED) is 0.582. The molecule has 31 heavy (non-hydrogen) atoms. The van der Waals surface area contributed by atoms with Gasteiger partial charge in [-0.15, -0.1) is 11.3 Å². The molecule has 1 saturated carbocycles. The Bertz CT molecular complexity index is 1170. The summed E-state index contributed by atoms with van der Waals surface area (Å²) in [7, 11) is 0. The highest BCUT2D eigenvalue weighted by Crippen LogP contribution is 2.71. The summed E-state index contributed by atoms with van der Waals surface area (Å²) in [5.74, 6) is 0.700. The number of primary amides is 1. The zero-order chi connectivity index (χ0) is 21.3. The normalized spacial score (nSPS) is 34.7. The number of phenolic OH excluding ortho intramolecular Hbond substituents is 1. The second kappa shape index (κ2) is 5.54. The van der Waals surface area contributed by atoms with Gasteiger partial charge >= 0.3 is 0 Å². The lowest BCUT2D eigenvalue weighted by atomic mass is 9.52. The van der Waals surface area contributed by atoms with Crippen LogP contribution in [-0.2, 0) is 11.8 Å². The second-order valence-electron chi connectivity index (χ2n) is 10.0. The number of amides is 1. The fourth-order valence-electron chi connectivity index (χ4n) is 7.00. The molecule has 2 aromatic rings. The molecular weight excluding hydrogens is 414 g/mol. The predicted molar refractivity (Wildman–Crippen MR) is 115 cm³/mol. The number of anilines is 1. The number of nitrogen functional groups attached to an aromatic ring is 1. The van der Waals surface area contributed by atoms with Crippen LogP contribution in [0.1, 0.15) is 69.8 Å². The molecule has 4 heterocycles. The van der Waals surface area contributed by atoms with Gasteiger partial charge in [0.1, 0.15) is 6.10 Å². The van der Waals surface area contributed by atoms with Gasteiger partial charge in [0, 0.05) is 35.0 Å². The number of nitrogens with zero attached hydrogens (tertiary/aromatic N) is 1. The molecular formula is C23H25N3O4S. The Morgan fingerprint density at radius 2 is 2.16 bits per heavy atom. The van der Waals surface area contributed by atoms with Crippen molar-refractivity contribution in [2.45, 2.75) is 55.3 Å². The van der Waals surface area contributed by atoms with Gasteiger partial charge in [-0.05, 0) is 49.8 Å². The fourth-order valence-corrected chi connectivity index (χ4v) is 8.21. The number of benzene rings is 1. The molecule has 2 bridgehead atoms. The monoisotopic (exact) mass is 439 g/mol. The lowest BCUT2D eigenvalue weighted by molar-refractivity contribution is -0.0980. The molecule has 1 amide bonds. The maximum Gasteiger partial charge on any atom is 0.252 e. The van der Waals surface area contributed by atoms with Gasteiger partial charge in [-0.3, -0.25) is 9.69 Å². The zero-order valence-electron chi connectivity index (χ0n) is 17.1. The van der Waals surface area contributed by atoms with Crippen LogP contribution in [0.5, 0.6) is 11.5 Å². The molecule has 1 saturated heterocycles. The molecule has 6 aliphatic rings. The molecule has 162 valence electrons. The van der Waals surface area contributed by atoms with Crippen molar-refractivity contribution in [1.29, 1.82) is 0 Å². The number of aliphatic hydroxyl groups is 1. The van der Waals surface area contributed by atoms with E-state index in [1.165, 1.54) is 24.2 Å². The van der Waals surface area contributed by atoms with Crippen molar-refractivity contribution in [3.8, 4) is 11.5 Å². The standard InChI is InChI=1S/C23H25N3O4S/c24-20(28)16-15-14(31-21(16)25)8-22(29)7-12-11-3-4-13(27)18-17(11)23(22,19(15)30-18)5-6-26(12)9-10-1-2-10/h3-4,10,12,19,27,29H,1-2,5-9,25H2,(H2,24,28)/t12?,19?,22-,23-/m0/s1. The number of rotatable bonds is 3. The Kier molecular flexibility index (Phi) is 3.27. The first-order valence-corrected chi connectivity index (χ1v) is 11.9. The highest BCUT2D eigenvalue weighted by Gasteiger charge is 2.70. The van der Waals surface area contributed by atoms with E-state index in [1.54, 1.807) is 6.07 Å². The van der Waals surface area contributed by atoms with E-state index in [9.17, 15) is 15.0 Å². The second-order valence-corrected chi connectivity index (χ2v) is 11.1. The van der Waals surface area contributed by atoms with Crippen molar-refractivity contribution in [2.75, 3.05) is 18.8 Å². The molecule has 8 heteroatoms. The molecule has 6 N–H and O–H groups in total. The molecule has 3 aliphatic heterocycles. The van der Waals surface area contributed by atoms with E-state index >= 15 is 0 Å². The first kappa shape index (κ1) is 18.3.